The van der Waals surface area contributed by atoms with Crippen LogP contribution in [-0.4, -0.2) is 83.6 Å². The molecule has 0 aromatic heterocycles. The maximum absolute atomic E-state index is 13.3. The molecule has 57 heavy (non-hydrogen) atoms. The van der Waals surface area contributed by atoms with Gasteiger partial charge in [0.25, 0.3) is 17.7 Å². The van der Waals surface area contributed by atoms with E-state index in [9.17, 15) is 34.5 Å². The van der Waals surface area contributed by atoms with Crippen molar-refractivity contribution in [3.63, 3.8) is 0 Å². The van der Waals surface area contributed by atoms with Gasteiger partial charge in [-0.05, 0) is 124 Å². The van der Waals surface area contributed by atoms with E-state index in [0.717, 1.165) is 92.1 Å². The molecular formula is C44H46N8O5. The highest BCUT2D eigenvalue weighted by molar-refractivity contribution is 6.23. The van der Waals surface area contributed by atoms with Gasteiger partial charge in [-0.25, -0.2) is 0 Å². The van der Waals surface area contributed by atoms with Crippen molar-refractivity contribution in [1.82, 2.24) is 20.4 Å². The lowest BCUT2D eigenvalue weighted by Gasteiger charge is -2.38. The normalized spacial score (nSPS) is 22.4. The average Bonchev–Trinajstić information content (AvgIpc) is 3.73. The van der Waals surface area contributed by atoms with Crippen LogP contribution in [0.15, 0.2) is 54.6 Å². The Balaban J connectivity index is 0.788. The molecule has 292 valence electrons. The highest BCUT2D eigenvalue weighted by Crippen LogP contribution is 2.35. The molecule has 2 N–H and O–H groups in total. The van der Waals surface area contributed by atoms with E-state index < -0.39 is 23.8 Å². The molecule has 1 saturated carbocycles. The summed E-state index contributed by atoms with van der Waals surface area (Å²) in [6.45, 7) is 7.06. The summed E-state index contributed by atoms with van der Waals surface area (Å²) >= 11 is 0. The van der Waals surface area contributed by atoms with Crippen LogP contribution in [0.4, 0.5) is 11.4 Å². The number of fused-ring (bicyclic) bond motifs is 2. The van der Waals surface area contributed by atoms with Gasteiger partial charge in [-0.15, -0.1) is 0 Å². The molecule has 1 atom stereocenters. The SMILES string of the molecule is CCN(c1ccc(C#N)c(C#N)c1)C1CCC(NC(=O)c2ccc(N3CCC(CN4Cc5cc6c(cc5C4)C(=O)N([C@@H]4CCC(=O)NC4=O)C6=O)CC3)cc2)CC1. The van der Waals surface area contributed by atoms with Gasteiger partial charge in [0.05, 0.1) is 22.3 Å². The fraction of sp³-hybridized carbons (Fsp3) is 0.432. The minimum Gasteiger partial charge on any atom is -0.372 e. The predicted octanol–water partition coefficient (Wildman–Crippen LogP) is 4.63. The third kappa shape index (κ3) is 7.48. The number of imide groups is 2. The first-order valence-corrected chi connectivity index (χ1v) is 20.1. The van der Waals surface area contributed by atoms with Gasteiger partial charge in [-0.2, -0.15) is 10.5 Å². The summed E-state index contributed by atoms with van der Waals surface area (Å²) in [5.41, 5.74) is 6.23. The van der Waals surface area contributed by atoms with Gasteiger partial charge in [-0.3, -0.25) is 39.1 Å². The Kier molecular flexibility index (Phi) is 10.5. The molecule has 0 bridgehead atoms. The number of carbonyl (C=O) groups is 5. The summed E-state index contributed by atoms with van der Waals surface area (Å²) in [7, 11) is 0. The summed E-state index contributed by atoms with van der Waals surface area (Å²) in [6.07, 6.45) is 5.91. The molecule has 5 amide bonds. The van der Waals surface area contributed by atoms with E-state index in [-0.39, 0.29) is 30.7 Å². The van der Waals surface area contributed by atoms with E-state index in [0.29, 0.717) is 52.9 Å². The van der Waals surface area contributed by atoms with Gasteiger partial charge in [-0.1, -0.05) is 0 Å². The van der Waals surface area contributed by atoms with Crippen molar-refractivity contribution >= 4 is 40.9 Å². The molecule has 0 spiro atoms. The third-order valence-corrected chi connectivity index (χ3v) is 12.6. The Hall–Kier alpha value is -6.05. The lowest BCUT2D eigenvalue weighted by atomic mass is 9.89. The van der Waals surface area contributed by atoms with Gasteiger partial charge < -0.3 is 15.1 Å². The molecule has 8 rings (SSSR count). The number of nitrogens with one attached hydrogen (secondary N) is 2. The number of hydrogen-bond acceptors (Lipinski definition) is 10. The third-order valence-electron chi connectivity index (χ3n) is 12.6. The maximum atomic E-state index is 13.3. The first-order chi connectivity index (χ1) is 27.6. The topological polar surface area (TPSA) is 170 Å². The summed E-state index contributed by atoms with van der Waals surface area (Å²) in [5, 5.41) is 24.3. The Morgan fingerprint density at radius 2 is 1.47 bits per heavy atom. The molecule has 4 aliphatic heterocycles. The second kappa shape index (κ2) is 15.8. The Bertz CT molecular complexity index is 2160. The van der Waals surface area contributed by atoms with E-state index in [4.69, 9.17) is 0 Å². The molecule has 1 aliphatic carbocycles. The van der Waals surface area contributed by atoms with Crippen molar-refractivity contribution in [2.24, 2.45) is 5.92 Å². The zero-order chi connectivity index (χ0) is 39.8. The fourth-order valence-electron chi connectivity index (χ4n) is 9.48. The smallest absolute Gasteiger partial charge is 0.262 e. The largest absolute Gasteiger partial charge is 0.372 e. The molecular weight excluding hydrogens is 721 g/mol. The minimum atomic E-state index is -0.964. The Morgan fingerprint density at radius 1 is 0.825 bits per heavy atom. The lowest BCUT2D eigenvalue weighted by molar-refractivity contribution is -0.136. The lowest BCUT2D eigenvalue weighted by Crippen LogP contribution is -2.54. The highest BCUT2D eigenvalue weighted by Gasteiger charge is 2.45. The summed E-state index contributed by atoms with van der Waals surface area (Å²) in [6, 6.07) is 20.7. The zero-order valence-corrected chi connectivity index (χ0v) is 32.1. The van der Waals surface area contributed by atoms with Crippen LogP contribution in [0, 0.1) is 28.6 Å². The number of amides is 5. The minimum absolute atomic E-state index is 0.0565. The van der Waals surface area contributed by atoms with Crippen molar-refractivity contribution in [2.75, 3.05) is 36.0 Å². The van der Waals surface area contributed by atoms with Crippen molar-refractivity contribution in [1.29, 1.82) is 10.5 Å². The number of benzene rings is 3. The van der Waals surface area contributed by atoms with Gasteiger partial charge >= 0.3 is 0 Å². The van der Waals surface area contributed by atoms with E-state index >= 15 is 0 Å². The standard InChI is InChI=1S/C44H46N8O5/c1-2-51(36-10-5-29(22-45)30(19-36)23-46)35-11-6-33(7-12-35)47-41(54)28-3-8-34(9-4-28)50-17-15-27(16-18-50)24-49-25-31-20-37-38(21-32(31)26-49)44(57)52(43(37)56)39-13-14-40(53)48-42(39)55/h3-5,8-10,19-21,27,33,35,39H,2,6-7,11-18,24-26H2,1H3,(H,47,54)(H,48,53,55)/t33?,35?,39-/m1/s1. The van der Waals surface area contributed by atoms with Crippen LogP contribution >= 0.6 is 0 Å². The Morgan fingerprint density at radius 3 is 2.07 bits per heavy atom. The van der Waals surface area contributed by atoms with Gasteiger partial charge in [0.1, 0.15) is 18.2 Å². The van der Waals surface area contributed by atoms with Crippen molar-refractivity contribution in [3.8, 4) is 12.1 Å². The quantitative estimate of drug-likeness (QED) is 0.293. The van der Waals surface area contributed by atoms with E-state index in [1.807, 2.05) is 42.5 Å². The zero-order valence-electron chi connectivity index (χ0n) is 32.1. The van der Waals surface area contributed by atoms with E-state index in [2.05, 4.69) is 44.4 Å². The maximum Gasteiger partial charge on any atom is 0.262 e. The summed E-state index contributed by atoms with van der Waals surface area (Å²) in [4.78, 5) is 72.0. The molecule has 4 heterocycles. The molecule has 0 unspecified atom stereocenters. The molecule has 3 aromatic rings. The van der Waals surface area contributed by atoms with Crippen LogP contribution in [0.2, 0.25) is 0 Å². The summed E-state index contributed by atoms with van der Waals surface area (Å²) < 4.78 is 0. The number of nitriles is 2. The van der Waals surface area contributed by atoms with Gasteiger partial charge in [0.15, 0.2) is 0 Å². The number of carbonyl (C=O) groups excluding carboxylic acids is 5. The van der Waals surface area contributed by atoms with Crippen LogP contribution in [0.1, 0.15) is 112 Å². The molecule has 3 fully saturated rings. The highest BCUT2D eigenvalue weighted by atomic mass is 16.2. The second-order valence-electron chi connectivity index (χ2n) is 16.0. The van der Waals surface area contributed by atoms with E-state index in [1.54, 1.807) is 12.1 Å². The van der Waals surface area contributed by atoms with Gasteiger partial charge in [0.2, 0.25) is 11.8 Å². The molecule has 5 aliphatic rings. The van der Waals surface area contributed by atoms with Crippen LogP contribution in [0.5, 0.6) is 0 Å². The molecule has 2 saturated heterocycles. The molecule has 13 heteroatoms. The molecule has 0 radical (unpaired) electrons. The molecule has 13 nitrogen and oxygen atoms in total. The number of hydrogen-bond donors (Lipinski definition) is 2. The molecule has 3 aromatic carbocycles. The number of piperidine rings is 2. The number of nitrogens with zero attached hydrogens (tertiary/aromatic N) is 6. The first-order valence-electron chi connectivity index (χ1n) is 20.1. The average molecular weight is 767 g/mol. The number of rotatable bonds is 9. The summed E-state index contributed by atoms with van der Waals surface area (Å²) in [5.74, 6) is -1.47. The van der Waals surface area contributed by atoms with E-state index in [1.165, 1.54) is 0 Å². The van der Waals surface area contributed by atoms with Crippen molar-refractivity contribution in [2.45, 2.75) is 89.5 Å². The van der Waals surface area contributed by atoms with Gasteiger partial charge in [0, 0.05) is 74.7 Å². The Labute approximate surface area is 332 Å². The van der Waals surface area contributed by atoms with Crippen LogP contribution in [-0.2, 0) is 22.7 Å². The van der Waals surface area contributed by atoms with Crippen molar-refractivity contribution in [3.05, 3.63) is 93.5 Å². The fourth-order valence-corrected chi connectivity index (χ4v) is 9.48. The van der Waals surface area contributed by atoms with Crippen LogP contribution in [0.3, 0.4) is 0 Å². The monoisotopic (exact) mass is 766 g/mol. The first kappa shape index (κ1) is 37.9. The van der Waals surface area contributed by atoms with Crippen LogP contribution < -0.4 is 20.4 Å². The second-order valence-corrected chi connectivity index (χ2v) is 16.0. The van der Waals surface area contributed by atoms with Crippen molar-refractivity contribution < 1.29 is 24.0 Å². The number of anilines is 2. The van der Waals surface area contributed by atoms with Crippen LogP contribution in [0.25, 0.3) is 0 Å². The predicted molar refractivity (Wildman–Crippen MR) is 211 cm³/mol.